The van der Waals surface area contributed by atoms with Crippen LogP contribution in [0.25, 0.3) is 0 Å². The predicted octanol–water partition coefficient (Wildman–Crippen LogP) is 1.13. The summed E-state index contributed by atoms with van der Waals surface area (Å²) in [6.45, 7) is 0. The third-order valence-electron chi connectivity index (χ3n) is 3.03. The number of carbonyl (C=O) groups is 2. The number of hydrogen-bond acceptors (Lipinski definition) is 5. The molecular formula is C12H9N3O5. The zero-order valence-corrected chi connectivity index (χ0v) is 10.1. The maximum absolute atomic E-state index is 11.8. The molecule has 8 nitrogen and oxygen atoms in total. The van der Waals surface area contributed by atoms with Crippen LogP contribution in [0.4, 0.5) is 11.4 Å². The smallest absolute Gasteiger partial charge is 0.307 e. The largest absolute Gasteiger partial charge is 0.481 e. The van der Waals surface area contributed by atoms with Crippen LogP contribution in [0.1, 0.15) is 12.0 Å². The average molecular weight is 275 g/mol. The van der Waals surface area contributed by atoms with Crippen LogP contribution in [0.2, 0.25) is 0 Å². The molecule has 102 valence electrons. The molecule has 1 saturated carbocycles. The summed E-state index contributed by atoms with van der Waals surface area (Å²) in [6, 6.07) is 5.41. The molecule has 2 rings (SSSR count). The molecule has 1 aromatic rings. The molecule has 0 spiro atoms. The van der Waals surface area contributed by atoms with Crippen molar-refractivity contribution in [2.75, 3.05) is 5.32 Å². The van der Waals surface area contributed by atoms with E-state index in [-0.39, 0.29) is 17.7 Å². The number of anilines is 1. The van der Waals surface area contributed by atoms with Crippen LogP contribution in [0.3, 0.4) is 0 Å². The van der Waals surface area contributed by atoms with E-state index in [1.54, 1.807) is 6.07 Å². The number of nitro benzene ring substituents is 1. The first-order valence-corrected chi connectivity index (χ1v) is 5.66. The first kappa shape index (κ1) is 13.5. The van der Waals surface area contributed by atoms with Gasteiger partial charge in [-0.15, -0.1) is 0 Å². The second kappa shape index (κ2) is 4.97. The summed E-state index contributed by atoms with van der Waals surface area (Å²) in [6.07, 6.45) is 0.227. The molecule has 0 aliphatic heterocycles. The number of rotatable bonds is 4. The first-order valence-electron chi connectivity index (χ1n) is 5.66. The standard InChI is InChI=1S/C12H9N3O5/c13-5-6-1-2-9(10(3-6)15(19)20)14-11(16)7-4-8(7)12(17)18/h1-3,7-8H,4H2,(H,14,16)(H,17,18). The molecule has 0 bridgehead atoms. The zero-order chi connectivity index (χ0) is 14.9. The number of carbonyl (C=O) groups excluding carboxylic acids is 1. The van der Waals surface area contributed by atoms with Crippen LogP contribution in [0.5, 0.6) is 0 Å². The van der Waals surface area contributed by atoms with Gasteiger partial charge in [-0.1, -0.05) is 0 Å². The Morgan fingerprint density at radius 3 is 2.65 bits per heavy atom. The van der Waals surface area contributed by atoms with E-state index in [1.807, 2.05) is 0 Å². The van der Waals surface area contributed by atoms with Gasteiger partial charge < -0.3 is 10.4 Å². The highest BCUT2D eigenvalue weighted by Gasteiger charge is 2.48. The number of nitro groups is 1. The lowest BCUT2D eigenvalue weighted by Gasteiger charge is -2.05. The van der Waals surface area contributed by atoms with Crippen LogP contribution < -0.4 is 5.32 Å². The van der Waals surface area contributed by atoms with Gasteiger partial charge in [-0.2, -0.15) is 5.26 Å². The van der Waals surface area contributed by atoms with Crippen molar-refractivity contribution in [1.29, 1.82) is 5.26 Å². The number of nitrogens with one attached hydrogen (secondary N) is 1. The quantitative estimate of drug-likeness (QED) is 0.624. The fourth-order valence-electron chi connectivity index (χ4n) is 1.84. The van der Waals surface area contributed by atoms with Crippen molar-refractivity contribution in [3.63, 3.8) is 0 Å². The minimum atomic E-state index is -1.06. The van der Waals surface area contributed by atoms with Gasteiger partial charge in [0.2, 0.25) is 5.91 Å². The molecular weight excluding hydrogens is 266 g/mol. The summed E-state index contributed by atoms with van der Waals surface area (Å²) in [4.78, 5) is 32.6. The molecule has 2 N–H and O–H groups in total. The summed E-state index contributed by atoms with van der Waals surface area (Å²) in [7, 11) is 0. The Morgan fingerprint density at radius 1 is 1.45 bits per heavy atom. The highest BCUT2D eigenvalue weighted by molar-refractivity contribution is 5.99. The second-order valence-corrected chi connectivity index (χ2v) is 4.38. The molecule has 1 fully saturated rings. The predicted molar refractivity (Wildman–Crippen MR) is 65.7 cm³/mol. The highest BCUT2D eigenvalue weighted by atomic mass is 16.6. The Hall–Kier alpha value is -2.95. The van der Waals surface area contributed by atoms with Crippen molar-refractivity contribution in [2.24, 2.45) is 11.8 Å². The third kappa shape index (κ3) is 2.56. The molecule has 2 atom stereocenters. The van der Waals surface area contributed by atoms with Gasteiger partial charge in [0.25, 0.3) is 5.69 Å². The monoisotopic (exact) mass is 275 g/mol. The molecule has 1 aliphatic carbocycles. The summed E-state index contributed by atoms with van der Waals surface area (Å²) >= 11 is 0. The number of aliphatic carboxylic acids is 1. The lowest BCUT2D eigenvalue weighted by molar-refractivity contribution is -0.383. The van der Waals surface area contributed by atoms with E-state index in [1.165, 1.54) is 12.1 Å². The first-order chi connectivity index (χ1) is 9.43. The van der Waals surface area contributed by atoms with Crippen molar-refractivity contribution in [3.05, 3.63) is 33.9 Å². The van der Waals surface area contributed by atoms with E-state index in [4.69, 9.17) is 10.4 Å². The Labute approximate surface area is 112 Å². The van der Waals surface area contributed by atoms with Crippen LogP contribution in [0, 0.1) is 33.3 Å². The second-order valence-electron chi connectivity index (χ2n) is 4.38. The van der Waals surface area contributed by atoms with E-state index in [9.17, 15) is 19.7 Å². The van der Waals surface area contributed by atoms with Gasteiger partial charge in [-0.25, -0.2) is 0 Å². The van der Waals surface area contributed by atoms with Crippen LogP contribution >= 0.6 is 0 Å². The summed E-state index contributed by atoms with van der Waals surface area (Å²) < 4.78 is 0. The molecule has 0 saturated heterocycles. The van der Waals surface area contributed by atoms with Crippen molar-refractivity contribution in [3.8, 4) is 6.07 Å². The van der Waals surface area contributed by atoms with Gasteiger partial charge >= 0.3 is 5.97 Å². The van der Waals surface area contributed by atoms with Gasteiger partial charge in [0.1, 0.15) is 5.69 Å². The summed E-state index contributed by atoms with van der Waals surface area (Å²) in [5, 5.41) is 30.6. The van der Waals surface area contributed by atoms with Crippen LogP contribution in [-0.2, 0) is 9.59 Å². The van der Waals surface area contributed by atoms with E-state index < -0.39 is 34.3 Å². The van der Waals surface area contributed by atoms with E-state index >= 15 is 0 Å². The molecule has 8 heteroatoms. The molecule has 0 radical (unpaired) electrons. The van der Waals surface area contributed by atoms with E-state index in [0.717, 1.165) is 6.07 Å². The normalized spacial score (nSPS) is 19.8. The Balaban J connectivity index is 2.18. The van der Waals surface area contributed by atoms with Crippen molar-refractivity contribution >= 4 is 23.3 Å². The molecule has 0 aromatic heterocycles. The van der Waals surface area contributed by atoms with Gasteiger partial charge in [0.05, 0.1) is 28.4 Å². The minimum absolute atomic E-state index is 0.0463. The van der Waals surface area contributed by atoms with Crippen LogP contribution in [-0.4, -0.2) is 21.9 Å². The Morgan fingerprint density at radius 2 is 2.15 bits per heavy atom. The summed E-state index contributed by atoms with van der Waals surface area (Å²) in [5.41, 5.74) is -0.343. The third-order valence-corrected chi connectivity index (χ3v) is 3.03. The van der Waals surface area contributed by atoms with Gasteiger partial charge in [0.15, 0.2) is 0 Å². The van der Waals surface area contributed by atoms with Crippen molar-refractivity contribution < 1.29 is 19.6 Å². The van der Waals surface area contributed by atoms with E-state index in [0.29, 0.717) is 0 Å². The molecule has 0 heterocycles. The van der Waals surface area contributed by atoms with E-state index in [2.05, 4.69) is 5.32 Å². The molecule has 2 unspecified atom stereocenters. The summed E-state index contributed by atoms with van der Waals surface area (Å²) in [5.74, 6) is -3.01. The number of nitrogens with zero attached hydrogens (tertiary/aromatic N) is 2. The average Bonchev–Trinajstić information content (AvgIpc) is 3.19. The number of nitriles is 1. The fourth-order valence-corrected chi connectivity index (χ4v) is 1.84. The molecule has 1 aromatic carbocycles. The maximum Gasteiger partial charge on any atom is 0.307 e. The number of carboxylic acids is 1. The lowest BCUT2D eigenvalue weighted by atomic mass is 10.2. The van der Waals surface area contributed by atoms with Crippen molar-refractivity contribution in [2.45, 2.75) is 6.42 Å². The molecule has 1 aliphatic rings. The number of benzene rings is 1. The van der Waals surface area contributed by atoms with Gasteiger partial charge in [-0.3, -0.25) is 19.7 Å². The maximum atomic E-state index is 11.8. The number of amides is 1. The van der Waals surface area contributed by atoms with Crippen LogP contribution in [0.15, 0.2) is 18.2 Å². The topological polar surface area (TPSA) is 133 Å². The minimum Gasteiger partial charge on any atom is -0.481 e. The molecule has 1 amide bonds. The molecule has 20 heavy (non-hydrogen) atoms. The van der Waals surface area contributed by atoms with Crippen molar-refractivity contribution in [1.82, 2.24) is 0 Å². The fraction of sp³-hybridized carbons (Fsp3) is 0.250. The highest BCUT2D eigenvalue weighted by Crippen LogP contribution is 2.40. The van der Waals surface area contributed by atoms with Gasteiger partial charge in [-0.05, 0) is 18.6 Å². The van der Waals surface area contributed by atoms with Gasteiger partial charge in [0, 0.05) is 6.07 Å². The number of carboxylic acid groups (broad SMARTS) is 1. The lowest BCUT2D eigenvalue weighted by Crippen LogP contribution is -2.17. The SMILES string of the molecule is N#Cc1ccc(NC(=O)C2CC2C(=O)O)c([N+](=O)[O-])c1. The number of hydrogen-bond donors (Lipinski definition) is 2. The Bertz CT molecular complexity index is 649. The zero-order valence-electron chi connectivity index (χ0n) is 10.1. The Kier molecular flexibility index (Phi) is 3.35.